The number of ether oxygens (including phenoxy) is 1. The molecule has 0 saturated heterocycles. The van der Waals surface area contributed by atoms with E-state index in [1.165, 1.54) is 0 Å². The highest BCUT2D eigenvalue weighted by Crippen LogP contribution is 2.19. The van der Waals surface area contributed by atoms with E-state index in [1.54, 1.807) is 0 Å². The van der Waals surface area contributed by atoms with Crippen LogP contribution < -0.4 is 5.32 Å². The van der Waals surface area contributed by atoms with Crippen LogP contribution in [0.3, 0.4) is 0 Å². The number of allylic oxidation sites excluding steroid dienone is 1. The first-order valence-electron chi connectivity index (χ1n) is 6.41. The van der Waals surface area contributed by atoms with Gasteiger partial charge in [-0.3, -0.25) is 4.79 Å². The van der Waals surface area contributed by atoms with Crippen LogP contribution in [0.25, 0.3) is 10.9 Å². The highest BCUT2D eigenvalue weighted by molar-refractivity contribution is 5.94. The van der Waals surface area contributed by atoms with E-state index in [-0.39, 0.29) is 5.91 Å². The van der Waals surface area contributed by atoms with Gasteiger partial charge in [0.1, 0.15) is 5.76 Å². The molecule has 4 heteroatoms. The molecule has 0 bridgehead atoms. The van der Waals surface area contributed by atoms with Gasteiger partial charge in [-0.2, -0.15) is 0 Å². The SMILES string of the molecule is CC1=C(C(=O)NCc2cc3ccccc3[nH]2)CCO1. The van der Waals surface area contributed by atoms with Crippen molar-refractivity contribution < 1.29 is 9.53 Å². The largest absolute Gasteiger partial charge is 0.497 e. The molecule has 3 rings (SSSR count). The Balaban J connectivity index is 1.69. The fourth-order valence-corrected chi connectivity index (χ4v) is 2.35. The van der Waals surface area contributed by atoms with E-state index in [0.717, 1.165) is 27.9 Å². The number of aromatic amines is 1. The van der Waals surface area contributed by atoms with Crippen LogP contribution in [0, 0.1) is 0 Å². The lowest BCUT2D eigenvalue weighted by atomic mass is 10.2. The molecule has 0 unspecified atom stereocenters. The monoisotopic (exact) mass is 256 g/mol. The Morgan fingerprint density at radius 2 is 2.26 bits per heavy atom. The average molecular weight is 256 g/mol. The predicted molar refractivity (Wildman–Crippen MR) is 73.4 cm³/mol. The van der Waals surface area contributed by atoms with Crippen LogP contribution in [-0.2, 0) is 16.1 Å². The molecule has 1 aromatic carbocycles. The molecule has 19 heavy (non-hydrogen) atoms. The molecule has 4 nitrogen and oxygen atoms in total. The smallest absolute Gasteiger partial charge is 0.251 e. The number of carbonyl (C=O) groups excluding carboxylic acids is 1. The van der Waals surface area contributed by atoms with E-state index < -0.39 is 0 Å². The topological polar surface area (TPSA) is 54.1 Å². The highest BCUT2D eigenvalue weighted by atomic mass is 16.5. The third-order valence-electron chi connectivity index (χ3n) is 3.39. The molecule has 98 valence electrons. The summed E-state index contributed by atoms with van der Waals surface area (Å²) in [6.07, 6.45) is 0.699. The Morgan fingerprint density at radius 1 is 1.42 bits per heavy atom. The third-order valence-corrected chi connectivity index (χ3v) is 3.39. The number of carbonyl (C=O) groups is 1. The summed E-state index contributed by atoms with van der Waals surface area (Å²) in [4.78, 5) is 15.3. The van der Waals surface area contributed by atoms with Crippen LogP contribution in [0.5, 0.6) is 0 Å². The molecule has 1 aliphatic heterocycles. The molecule has 0 spiro atoms. The molecular weight excluding hydrogens is 240 g/mol. The zero-order valence-electron chi connectivity index (χ0n) is 10.8. The van der Waals surface area contributed by atoms with Crippen molar-refractivity contribution in [1.82, 2.24) is 10.3 Å². The molecule has 0 atom stereocenters. The minimum Gasteiger partial charge on any atom is -0.497 e. The molecular formula is C15H16N2O2. The average Bonchev–Trinajstić information content (AvgIpc) is 3.01. The van der Waals surface area contributed by atoms with Crippen LogP contribution >= 0.6 is 0 Å². The second-order valence-electron chi connectivity index (χ2n) is 4.70. The van der Waals surface area contributed by atoms with E-state index >= 15 is 0 Å². The van der Waals surface area contributed by atoms with Crippen molar-refractivity contribution >= 4 is 16.8 Å². The van der Waals surface area contributed by atoms with Gasteiger partial charge in [-0.1, -0.05) is 18.2 Å². The van der Waals surface area contributed by atoms with Crippen LogP contribution in [0.15, 0.2) is 41.7 Å². The van der Waals surface area contributed by atoms with Gasteiger partial charge in [0.15, 0.2) is 0 Å². The molecule has 1 aromatic heterocycles. The van der Waals surface area contributed by atoms with Gasteiger partial charge in [-0.25, -0.2) is 0 Å². The quantitative estimate of drug-likeness (QED) is 0.886. The van der Waals surface area contributed by atoms with Crippen molar-refractivity contribution in [2.45, 2.75) is 19.9 Å². The maximum absolute atomic E-state index is 12.0. The number of aromatic nitrogens is 1. The first-order valence-corrected chi connectivity index (χ1v) is 6.41. The summed E-state index contributed by atoms with van der Waals surface area (Å²) < 4.78 is 5.30. The number of benzene rings is 1. The fraction of sp³-hybridized carbons (Fsp3) is 0.267. The summed E-state index contributed by atoms with van der Waals surface area (Å²) in [5.41, 5.74) is 2.86. The Morgan fingerprint density at radius 3 is 3.00 bits per heavy atom. The normalized spacial score (nSPS) is 14.8. The molecule has 1 aliphatic rings. The number of rotatable bonds is 3. The van der Waals surface area contributed by atoms with Gasteiger partial charge < -0.3 is 15.0 Å². The molecule has 0 fully saturated rings. The number of hydrogen-bond donors (Lipinski definition) is 2. The van der Waals surface area contributed by atoms with Crippen molar-refractivity contribution in [3.63, 3.8) is 0 Å². The molecule has 2 heterocycles. The number of H-pyrrole nitrogens is 1. The van der Waals surface area contributed by atoms with Gasteiger partial charge in [-0.05, 0) is 24.4 Å². The lowest BCUT2D eigenvalue weighted by Crippen LogP contribution is -2.24. The second-order valence-corrected chi connectivity index (χ2v) is 4.70. The zero-order valence-corrected chi connectivity index (χ0v) is 10.8. The van der Waals surface area contributed by atoms with E-state index in [0.29, 0.717) is 19.6 Å². The molecule has 2 N–H and O–H groups in total. The molecule has 0 saturated carbocycles. The second kappa shape index (κ2) is 4.80. The van der Waals surface area contributed by atoms with E-state index in [4.69, 9.17) is 4.74 Å². The van der Waals surface area contributed by atoms with Gasteiger partial charge in [0.25, 0.3) is 5.91 Å². The Hall–Kier alpha value is -2.23. The van der Waals surface area contributed by atoms with Crippen LogP contribution in [0.2, 0.25) is 0 Å². The fourth-order valence-electron chi connectivity index (χ4n) is 2.35. The van der Waals surface area contributed by atoms with Crippen LogP contribution in [-0.4, -0.2) is 17.5 Å². The lowest BCUT2D eigenvalue weighted by Gasteiger charge is -2.04. The molecule has 0 radical (unpaired) electrons. The maximum Gasteiger partial charge on any atom is 0.251 e. The summed E-state index contributed by atoms with van der Waals surface area (Å²) in [6, 6.07) is 10.1. The minimum absolute atomic E-state index is 0.0337. The number of para-hydroxylation sites is 1. The highest BCUT2D eigenvalue weighted by Gasteiger charge is 2.19. The Labute approximate surface area is 111 Å². The van der Waals surface area contributed by atoms with E-state index in [2.05, 4.69) is 22.4 Å². The van der Waals surface area contributed by atoms with Crippen LogP contribution in [0.1, 0.15) is 19.0 Å². The van der Waals surface area contributed by atoms with Gasteiger partial charge in [0.2, 0.25) is 0 Å². The van der Waals surface area contributed by atoms with Crippen LogP contribution in [0.4, 0.5) is 0 Å². The maximum atomic E-state index is 12.0. The zero-order chi connectivity index (χ0) is 13.2. The Bertz CT molecular complexity index is 622. The van der Waals surface area contributed by atoms with Gasteiger partial charge in [-0.15, -0.1) is 0 Å². The first kappa shape index (κ1) is 11.8. The van der Waals surface area contributed by atoms with E-state index in [9.17, 15) is 4.79 Å². The summed E-state index contributed by atoms with van der Waals surface area (Å²) in [6.45, 7) is 2.95. The predicted octanol–water partition coefficient (Wildman–Crippen LogP) is 2.48. The molecule has 0 aliphatic carbocycles. The van der Waals surface area contributed by atoms with Gasteiger partial charge in [0, 0.05) is 17.6 Å². The summed E-state index contributed by atoms with van der Waals surface area (Å²) in [7, 11) is 0. The summed E-state index contributed by atoms with van der Waals surface area (Å²) in [5.74, 6) is 0.711. The van der Waals surface area contributed by atoms with Gasteiger partial charge >= 0.3 is 0 Å². The molecule has 1 amide bonds. The number of fused-ring (bicyclic) bond motifs is 1. The number of nitrogens with one attached hydrogen (secondary N) is 2. The van der Waals surface area contributed by atoms with E-state index in [1.807, 2.05) is 25.1 Å². The van der Waals surface area contributed by atoms with Crippen molar-refractivity contribution in [1.29, 1.82) is 0 Å². The standard InChI is InChI=1S/C15H16N2O2/c1-10-13(6-7-19-10)15(18)16-9-12-8-11-4-2-3-5-14(11)17-12/h2-5,8,17H,6-7,9H2,1H3,(H,16,18). The number of amides is 1. The van der Waals surface area contributed by atoms with Crippen molar-refractivity contribution in [2.24, 2.45) is 0 Å². The molecule has 2 aromatic rings. The summed E-state index contributed by atoms with van der Waals surface area (Å²) >= 11 is 0. The van der Waals surface area contributed by atoms with Crippen molar-refractivity contribution in [3.8, 4) is 0 Å². The Kier molecular flexibility index (Phi) is 2.99. The minimum atomic E-state index is -0.0337. The lowest BCUT2D eigenvalue weighted by molar-refractivity contribution is -0.117. The van der Waals surface area contributed by atoms with Crippen molar-refractivity contribution in [2.75, 3.05) is 6.61 Å². The first-order chi connectivity index (χ1) is 9.24. The summed E-state index contributed by atoms with van der Waals surface area (Å²) in [5, 5.41) is 4.08. The number of hydrogen-bond acceptors (Lipinski definition) is 2. The van der Waals surface area contributed by atoms with Gasteiger partial charge in [0.05, 0.1) is 18.7 Å². The third kappa shape index (κ3) is 2.34. The van der Waals surface area contributed by atoms with Crippen molar-refractivity contribution in [3.05, 3.63) is 47.4 Å².